The van der Waals surface area contributed by atoms with Crippen molar-refractivity contribution in [2.24, 2.45) is 0 Å². The van der Waals surface area contributed by atoms with Crippen molar-refractivity contribution < 1.29 is 19.4 Å². The summed E-state index contributed by atoms with van der Waals surface area (Å²) in [6.45, 7) is 5.34. The number of rotatable bonds is 5. The number of aliphatic carboxylic acids is 1. The van der Waals surface area contributed by atoms with Crippen molar-refractivity contribution in [1.82, 2.24) is 4.98 Å². The highest BCUT2D eigenvalue weighted by Gasteiger charge is 2.17. The van der Waals surface area contributed by atoms with Gasteiger partial charge in [-0.2, -0.15) is 0 Å². The van der Waals surface area contributed by atoms with Crippen molar-refractivity contribution >= 4 is 40.3 Å². The van der Waals surface area contributed by atoms with Gasteiger partial charge in [0.2, 0.25) is 0 Å². The Morgan fingerprint density at radius 1 is 1.53 bits per heavy atom. The van der Waals surface area contributed by atoms with E-state index in [2.05, 4.69) is 10.3 Å². The minimum absolute atomic E-state index is 0.0946. The molecule has 0 radical (unpaired) electrons. The molecule has 0 bridgehead atoms. The maximum atomic E-state index is 11.5. The summed E-state index contributed by atoms with van der Waals surface area (Å²) in [5.41, 5.74) is -0.555. The number of thioether (sulfide) groups is 1. The molecule has 0 fully saturated rings. The molecule has 0 unspecified atom stereocenters. The summed E-state index contributed by atoms with van der Waals surface area (Å²) in [5.74, 6) is -0.354. The summed E-state index contributed by atoms with van der Waals surface area (Å²) >= 11 is 2.68. The number of thiazole rings is 1. The first kappa shape index (κ1) is 15.8. The summed E-state index contributed by atoms with van der Waals surface area (Å²) in [6, 6.07) is 0. The molecule has 2 N–H and O–H groups in total. The average Bonchev–Trinajstić information content (AvgIpc) is 2.61. The third kappa shape index (κ3) is 7.02. The van der Waals surface area contributed by atoms with Crippen LogP contribution in [0, 0.1) is 0 Å². The largest absolute Gasteiger partial charge is 0.481 e. The normalized spacial score (nSPS) is 11.1. The fraction of sp³-hybridized carbons (Fsp3) is 0.545. The molecule has 0 atom stereocenters. The number of amides is 1. The summed E-state index contributed by atoms with van der Waals surface area (Å²) < 4.78 is 5.95. The standard InChI is InChI=1S/C11H16N2O4S2/c1-11(2,3)17-10(16)13-9-12-6-8(19-9)18-5-4-7(14)15/h6H,4-5H2,1-3H3,(H,14,15)(H,12,13,16). The van der Waals surface area contributed by atoms with Crippen LogP contribution < -0.4 is 5.32 Å². The molecule has 106 valence electrons. The van der Waals surface area contributed by atoms with E-state index < -0.39 is 17.7 Å². The molecule has 0 aromatic carbocycles. The number of ether oxygens (including phenoxy) is 1. The van der Waals surface area contributed by atoms with Crippen LogP contribution in [0.5, 0.6) is 0 Å². The molecular formula is C11H16N2O4S2. The van der Waals surface area contributed by atoms with Gasteiger partial charge in [-0.25, -0.2) is 9.78 Å². The monoisotopic (exact) mass is 304 g/mol. The number of carbonyl (C=O) groups excluding carboxylic acids is 1. The molecule has 19 heavy (non-hydrogen) atoms. The first-order chi connectivity index (χ1) is 8.76. The van der Waals surface area contributed by atoms with E-state index >= 15 is 0 Å². The lowest BCUT2D eigenvalue weighted by atomic mass is 10.2. The van der Waals surface area contributed by atoms with E-state index in [0.29, 0.717) is 10.9 Å². The highest BCUT2D eigenvalue weighted by molar-refractivity contribution is 8.01. The van der Waals surface area contributed by atoms with Crippen molar-refractivity contribution in [2.75, 3.05) is 11.1 Å². The molecule has 0 aliphatic rings. The molecule has 0 saturated heterocycles. The number of nitrogens with one attached hydrogen (secondary N) is 1. The van der Waals surface area contributed by atoms with Gasteiger partial charge in [0.05, 0.1) is 16.8 Å². The zero-order chi connectivity index (χ0) is 14.5. The molecule has 1 heterocycles. The third-order valence-corrected chi connectivity index (χ3v) is 3.76. The van der Waals surface area contributed by atoms with Crippen LogP contribution in [0.3, 0.4) is 0 Å². The quantitative estimate of drug-likeness (QED) is 0.813. The highest BCUT2D eigenvalue weighted by atomic mass is 32.2. The van der Waals surface area contributed by atoms with Gasteiger partial charge >= 0.3 is 12.1 Å². The SMILES string of the molecule is CC(C)(C)OC(=O)Nc1ncc(SCCC(=O)O)s1. The highest BCUT2D eigenvalue weighted by Crippen LogP contribution is 2.28. The van der Waals surface area contributed by atoms with E-state index in [1.807, 2.05) is 0 Å². The minimum atomic E-state index is -0.830. The molecule has 0 spiro atoms. The number of carboxylic acid groups (broad SMARTS) is 1. The summed E-state index contributed by atoms with van der Waals surface area (Å²) in [5, 5.41) is 11.5. The molecule has 0 aliphatic carbocycles. The van der Waals surface area contributed by atoms with Crippen LogP contribution >= 0.6 is 23.1 Å². The number of carbonyl (C=O) groups is 2. The Bertz CT molecular complexity index is 454. The van der Waals surface area contributed by atoms with Gasteiger partial charge in [0, 0.05) is 5.75 Å². The Morgan fingerprint density at radius 3 is 2.79 bits per heavy atom. The minimum Gasteiger partial charge on any atom is -0.481 e. The van der Waals surface area contributed by atoms with Gasteiger partial charge in [-0.3, -0.25) is 10.1 Å². The fourth-order valence-corrected chi connectivity index (χ4v) is 2.88. The molecule has 1 rings (SSSR count). The van der Waals surface area contributed by atoms with Crippen molar-refractivity contribution in [2.45, 2.75) is 37.0 Å². The number of carboxylic acids is 1. The second kappa shape index (κ2) is 6.76. The van der Waals surface area contributed by atoms with Gasteiger partial charge in [-0.05, 0) is 20.8 Å². The summed E-state index contributed by atoms with van der Waals surface area (Å²) in [6.07, 6.45) is 1.14. The Morgan fingerprint density at radius 2 is 2.21 bits per heavy atom. The lowest BCUT2D eigenvalue weighted by Gasteiger charge is -2.18. The summed E-state index contributed by atoms with van der Waals surface area (Å²) in [4.78, 5) is 25.9. The van der Waals surface area contributed by atoms with Crippen LogP contribution in [0.15, 0.2) is 10.4 Å². The lowest BCUT2D eigenvalue weighted by Crippen LogP contribution is -2.27. The van der Waals surface area contributed by atoms with Crippen LogP contribution in [0.2, 0.25) is 0 Å². The molecule has 6 nitrogen and oxygen atoms in total. The third-order valence-electron chi connectivity index (χ3n) is 1.65. The lowest BCUT2D eigenvalue weighted by molar-refractivity contribution is -0.136. The number of aromatic nitrogens is 1. The molecule has 8 heteroatoms. The number of hydrogen-bond donors (Lipinski definition) is 2. The number of nitrogens with zero attached hydrogens (tertiary/aromatic N) is 1. The Labute approximate surface area is 119 Å². The van der Waals surface area contributed by atoms with E-state index in [4.69, 9.17) is 9.84 Å². The predicted molar refractivity (Wildman–Crippen MR) is 74.9 cm³/mol. The van der Waals surface area contributed by atoms with Gasteiger partial charge < -0.3 is 9.84 Å². The second-order valence-electron chi connectivity index (χ2n) is 4.60. The zero-order valence-corrected chi connectivity index (χ0v) is 12.6. The molecule has 0 saturated carbocycles. The first-order valence-corrected chi connectivity index (χ1v) is 7.37. The smallest absolute Gasteiger partial charge is 0.413 e. The van der Waals surface area contributed by atoms with Crippen molar-refractivity contribution in [3.05, 3.63) is 6.20 Å². The number of anilines is 1. The van der Waals surface area contributed by atoms with Crippen molar-refractivity contribution in [3.63, 3.8) is 0 Å². The second-order valence-corrected chi connectivity index (χ2v) is 7.03. The molecule has 1 amide bonds. The Balaban J connectivity index is 2.42. The Hall–Kier alpha value is -1.28. The zero-order valence-electron chi connectivity index (χ0n) is 10.9. The average molecular weight is 304 g/mol. The molecule has 1 aromatic heterocycles. The van der Waals surface area contributed by atoms with E-state index in [1.54, 1.807) is 27.0 Å². The maximum Gasteiger partial charge on any atom is 0.413 e. The van der Waals surface area contributed by atoms with Crippen LogP contribution in [-0.4, -0.2) is 33.5 Å². The van der Waals surface area contributed by atoms with Crippen molar-refractivity contribution in [1.29, 1.82) is 0 Å². The molecule has 0 aliphatic heterocycles. The van der Waals surface area contributed by atoms with Crippen molar-refractivity contribution in [3.8, 4) is 0 Å². The van der Waals surface area contributed by atoms with Crippen LogP contribution in [0.1, 0.15) is 27.2 Å². The number of hydrogen-bond acceptors (Lipinski definition) is 6. The van der Waals surface area contributed by atoms with Gasteiger partial charge in [-0.1, -0.05) is 11.3 Å². The topological polar surface area (TPSA) is 88.5 Å². The van der Waals surface area contributed by atoms with Crippen LogP contribution in [0.4, 0.5) is 9.93 Å². The van der Waals surface area contributed by atoms with Gasteiger partial charge in [-0.15, -0.1) is 11.8 Å². The van der Waals surface area contributed by atoms with Crippen LogP contribution in [-0.2, 0) is 9.53 Å². The van der Waals surface area contributed by atoms with E-state index in [1.165, 1.54) is 23.1 Å². The van der Waals surface area contributed by atoms with Gasteiger partial charge in [0.15, 0.2) is 5.13 Å². The Kier molecular flexibility index (Phi) is 5.61. The first-order valence-electron chi connectivity index (χ1n) is 5.57. The van der Waals surface area contributed by atoms with E-state index in [0.717, 1.165) is 4.21 Å². The summed E-state index contributed by atoms with van der Waals surface area (Å²) in [7, 11) is 0. The van der Waals surface area contributed by atoms with Gasteiger partial charge in [0.1, 0.15) is 5.60 Å². The van der Waals surface area contributed by atoms with E-state index in [-0.39, 0.29) is 6.42 Å². The predicted octanol–water partition coefficient (Wildman–Crippen LogP) is 3.06. The van der Waals surface area contributed by atoms with E-state index in [9.17, 15) is 9.59 Å². The van der Waals surface area contributed by atoms with Crippen LogP contribution in [0.25, 0.3) is 0 Å². The maximum absolute atomic E-state index is 11.5. The van der Waals surface area contributed by atoms with Gasteiger partial charge in [0.25, 0.3) is 0 Å². The fourth-order valence-electron chi connectivity index (χ4n) is 1.01. The molecular weight excluding hydrogens is 288 g/mol. The molecule has 1 aromatic rings.